The maximum Gasteiger partial charge on any atom is 0.0309 e. The third-order valence-corrected chi connectivity index (χ3v) is 6.12. The molecular weight excluding hydrogens is 256 g/mol. The highest BCUT2D eigenvalue weighted by Crippen LogP contribution is 2.42. The van der Waals surface area contributed by atoms with Crippen molar-refractivity contribution in [3.8, 4) is 0 Å². The monoisotopic (exact) mass is 290 g/mol. The lowest BCUT2D eigenvalue weighted by Crippen LogP contribution is -2.65. The van der Waals surface area contributed by atoms with Gasteiger partial charge in [-0.15, -0.1) is 0 Å². The molecule has 1 aliphatic heterocycles. The summed E-state index contributed by atoms with van der Waals surface area (Å²) in [4.78, 5) is 2.82. The average Bonchev–Trinajstić information content (AvgIpc) is 3.31. The van der Waals surface area contributed by atoms with E-state index < -0.39 is 0 Å². The summed E-state index contributed by atoms with van der Waals surface area (Å²) in [7, 11) is 0. The van der Waals surface area contributed by atoms with E-state index in [-0.39, 0.29) is 0 Å². The third kappa shape index (κ3) is 3.71. The zero-order chi connectivity index (χ0) is 14.9. The Kier molecular flexibility index (Phi) is 4.75. The molecular formula is C19H34N2. The second kappa shape index (κ2) is 6.42. The lowest BCUT2D eigenvalue weighted by atomic mass is 9.80. The molecule has 2 aliphatic carbocycles. The van der Waals surface area contributed by atoms with Gasteiger partial charge in [0.05, 0.1) is 0 Å². The van der Waals surface area contributed by atoms with Crippen LogP contribution in [0.15, 0.2) is 11.6 Å². The first-order valence-corrected chi connectivity index (χ1v) is 9.21. The number of hydrogen-bond acceptors (Lipinski definition) is 2. The minimum atomic E-state index is 0.376. The maximum absolute atomic E-state index is 3.96. The smallest absolute Gasteiger partial charge is 0.0309 e. The highest BCUT2D eigenvalue weighted by atomic mass is 15.3. The summed E-state index contributed by atoms with van der Waals surface area (Å²) in [5.74, 6) is 1.86. The number of allylic oxidation sites excluding steroid dienone is 1. The van der Waals surface area contributed by atoms with Crippen LogP contribution in [0.2, 0.25) is 0 Å². The molecule has 2 saturated carbocycles. The van der Waals surface area contributed by atoms with Crippen LogP contribution in [0.5, 0.6) is 0 Å². The molecule has 1 heterocycles. The van der Waals surface area contributed by atoms with E-state index in [1.54, 1.807) is 0 Å². The van der Waals surface area contributed by atoms with Crippen LogP contribution >= 0.6 is 0 Å². The minimum absolute atomic E-state index is 0.376. The fourth-order valence-corrected chi connectivity index (χ4v) is 4.54. The summed E-state index contributed by atoms with van der Waals surface area (Å²) in [6.07, 6.45) is 12.6. The molecule has 1 N–H and O–H groups in total. The molecule has 3 fully saturated rings. The van der Waals surface area contributed by atoms with Gasteiger partial charge in [-0.25, -0.2) is 0 Å². The number of nitrogens with zero attached hydrogens (tertiary/aromatic N) is 1. The highest BCUT2D eigenvalue weighted by Gasteiger charge is 2.46. The molecule has 0 aromatic rings. The Morgan fingerprint density at radius 1 is 1.14 bits per heavy atom. The van der Waals surface area contributed by atoms with Gasteiger partial charge in [-0.05, 0) is 58.3 Å². The first kappa shape index (κ1) is 15.6. The Bertz CT molecular complexity index is 375. The van der Waals surface area contributed by atoms with E-state index in [1.807, 2.05) is 0 Å². The van der Waals surface area contributed by atoms with E-state index in [1.165, 1.54) is 63.6 Å². The third-order valence-electron chi connectivity index (χ3n) is 6.12. The maximum atomic E-state index is 3.96. The molecule has 0 radical (unpaired) electrons. The fraction of sp³-hybridized carbons (Fsp3) is 0.895. The summed E-state index contributed by atoms with van der Waals surface area (Å²) in [6.45, 7) is 10.6. The van der Waals surface area contributed by atoms with E-state index in [9.17, 15) is 0 Å². The van der Waals surface area contributed by atoms with Gasteiger partial charge in [0, 0.05) is 31.2 Å². The van der Waals surface area contributed by atoms with Gasteiger partial charge in [0.2, 0.25) is 0 Å². The van der Waals surface area contributed by atoms with Crippen molar-refractivity contribution in [2.75, 3.05) is 19.6 Å². The number of hydrogen-bond donors (Lipinski definition) is 1. The van der Waals surface area contributed by atoms with E-state index in [0.29, 0.717) is 5.54 Å². The topological polar surface area (TPSA) is 15.3 Å². The molecule has 2 nitrogen and oxygen atoms in total. The predicted molar refractivity (Wildman–Crippen MR) is 90.5 cm³/mol. The van der Waals surface area contributed by atoms with Crippen molar-refractivity contribution in [2.45, 2.75) is 77.3 Å². The van der Waals surface area contributed by atoms with Gasteiger partial charge in [-0.2, -0.15) is 0 Å². The molecule has 0 aromatic heterocycles. The Hall–Kier alpha value is -0.340. The second-order valence-corrected chi connectivity index (χ2v) is 8.25. The first-order valence-electron chi connectivity index (χ1n) is 9.21. The molecule has 2 atom stereocenters. The van der Waals surface area contributed by atoms with Crippen LogP contribution in [0.1, 0.15) is 65.7 Å². The number of piperazine rings is 1. The molecule has 0 aromatic carbocycles. The highest BCUT2D eigenvalue weighted by molar-refractivity contribution is 5.07. The summed E-state index contributed by atoms with van der Waals surface area (Å²) in [6, 6.07) is 0.771. The lowest BCUT2D eigenvalue weighted by molar-refractivity contribution is 0.0427. The average molecular weight is 290 g/mol. The van der Waals surface area contributed by atoms with Crippen LogP contribution in [0, 0.1) is 11.8 Å². The molecule has 3 rings (SSSR count). The summed E-state index contributed by atoms with van der Waals surface area (Å²) in [5, 5.41) is 3.96. The Morgan fingerprint density at radius 3 is 2.48 bits per heavy atom. The molecule has 0 spiro atoms. The standard InChI is InChI=1S/C19H34N2/c1-15(2)11-12-21-14-19(3,17-9-10-17)20-13-18(21)16-7-5-4-6-8-16/h11,16-18,20H,4-10,12-14H2,1-3H3. The summed E-state index contributed by atoms with van der Waals surface area (Å²) < 4.78 is 0. The quantitative estimate of drug-likeness (QED) is 0.788. The molecule has 1 saturated heterocycles. The van der Waals surface area contributed by atoms with Crippen molar-refractivity contribution in [1.82, 2.24) is 10.2 Å². The summed E-state index contributed by atoms with van der Waals surface area (Å²) in [5.41, 5.74) is 1.84. The van der Waals surface area contributed by atoms with Gasteiger partial charge in [0.1, 0.15) is 0 Å². The van der Waals surface area contributed by atoms with Crippen molar-refractivity contribution >= 4 is 0 Å². The van der Waals surface area contributed by atoms with Gasteiger partial charge in [-0.3, -0.25) is 4.90 Å². The zero-order valence-electron chi connectivity index (χ0n) is 14.3. The largest absolute Gasteiger partial charge is 0.308 e. The van der Waals surface area contributed by atoms with Crippen molar-refractivity contribution in [2.24, 2.45) is 11.8 Å². The van der Waals surface area contributed by atoms with Gasteiger partial charge in [0.25, 0.3) is 0 Å². The summed E-state index contributed by atoms with van der Waals surface area (Å²) >= 11 is 0. The zero-order valence-corrected chi connectivity index (χ0v) is 14.3. The first-order chi connectivity index (χ1) is 10.1. The van der Waals surface area contributed by atoms with Crippen LogP contribution in [0.3, 0.4) is 0 Å². The molecule has 21 heavy (non-hydrogen) atoms. The molecule has 120 valence electrons. The normalized spacial score (nSPS) is 35.7. The molecule has 2 unspecified atom stereocenters. The van der Waals surface area contributed by atoms with Crippen molar-refractivity contribution in [1.29, 1.82) is 0 Å². The molecule has 3 aliphatic rings. The number of nitrogens with one attached hydrogen (secondary N) is 1. The van der Waals surface area contributed by atoms with Crippen LogP contribution in [-0.4, -0.2) is 36.1 Å². The molecule has 0 amide bonds. The van der Waals surface area contributed by atoms with Gasteiger partial charge >= 0.3 is 0 Å². The van der Waals surface area contributed by atoms with E-state index in [2.05, 4.69) is 37.1 Å². The number of rotatable bonds is 4. The fourth-order valence-electron chi connectivity index (χ4n) is 4.54. The van der Waals surface area contributed by atoms with Crippen LogP contribution in [0.25, 0.3) is 0 Å². The Morgan fingerprint density at radius 2 is 1.86 bits per heavy atom. The van der Waals surface area contributed by atoms with E-state index in [0.717, 1.165) is 24.4 Å². The Labute approximate surface area is 131 Å². The lowest BCUT2D eigenvalue weighted by Gasteiger charge is -2.49. The van der Waals surface area contributed by atoms with Crippen LogP contribution in [-0.2, 0) is 0 Å². The van der Waals surface area contributed by atoms with Crippen molar-refractivity contribution in [3.05, 3.63) is 11.6 Å². The van der Waals surface area contributed by atoms with Crippen molar-refractivity contribution in [3.63, 3.8) is 0 Å². The van der Waals surface area contributed by atoms with Crippen LogP contribution < -0.4 is 5.32 Å². The Balaban J connectivity index is 1.69. The SMILES string of the molecule is CC(C)=CCN1CC(C)(C2CC2)NCC1C1CCCCC1. The van der Waals surface area contributed by atoms with Gasteiger partial charge in [-0.1, -0.05) is 30.9 Å². The minimum Gasteiger partial charge on any atom is -0.308 e. The van der Waals surface area contributed by atoms with Crippen molar-refractivity contribution < 1.29 is 0 Å². The van der Waals surface area contributed by atoms with E-state index >= 15 is 0 Å². The predicted octanol–water partition coefficient (Wildman–Crippen LogP) is 3.98. The van der Waals surface area contributed by atoms with Gasteiger partial charge < -0.3 is 5.32 Å². The second-order valence-electron chi connectivity index (χ2n) is 8.25. The van der Waals surface area contributed by atoms with Gasteiger partial charge in [0.15, 0.2) is 0 Å². The molecule has 2 heteroatoms. The van der Waals surface area contributed by atoms with Crippen LogP contribution in [0.4, 0.5) is 0 Å². The molecule has 0 bridgehead atoms. The van der Waals surface area contributed by atoms with E-state index in [4.69, 9.17) is 0 Å².